The number of ether oxygens (including phenoxy) is 8. The molecule has 0 bridgehead atoms. The molecule has 2 aliphatic heterocycles. The highest BCUT2D eigenvalue weighted by Gasteiger charge is 2.57. The van der Waals surface area contributed by atoms with Crippen molar-refractivity contribution in [2.24, 2.45) is 0 Å². The van der Waals surface area contributed by atoms with Crippen molar-refractivity contribution >= 4 is 67.7 Å². The maximum Gasteiger partial charge on any atom is 0.303 e. The lowest BCUT2D eigenvalue weighted by Crippen LogP contribution is -2.63. The molecule has 0 aliphatic carbocycles. The van der Waals surface area contributed by atoms with E-state index in [1.54, 1.807) is 0 Å². The van der Waals surface area contributed by atoms with Gasteiger partial charge >= 0.3 is 35.8 Å². The minimum Gasteiger partial charge on any atom is -0.456 e. The van der Waals surface area contributed by atoms with E-state index < -0.39 is 109 Å². The van der Waals surface area contributed by atoms with Gasteiger partial charge in [-0.1, -0.05) is 112 Å². The second-order valence-electron chi connectivity index (χ2n) is 17.8. The van der Waals surface area contributed by atoms with Crippen molar-refractivity contribution in [3.05, 3.63) is 108 Å². The number of carbonyl (C=O) groups excluding carboxylic acids is 6. The Hall–Kier alpha value is -4.72. The first-order valence-electron chi connectivity index (χ1n) is 22.0. The number of hydrogen-bond donors (Lipinski definition) is 0. The summed E-state index contributed by atoms with van der Waals surface area (Å²) in [6.07, 6.45) is -10.2. The fourth-order valence-corrected chi connectivity index (χ4v) is 11.8. The van der Waals surface area contributed by atoms with Crippen LogP contribution >= 0.6 is 23.5 Å². The maximum atomic E-state index is 13.1. The SMILES string of the molecule is CC(=O)O[C@@H]1[C@H](OC(C)=O)[C@@H](SC[C@H]2O[C@H](SC(c3ccccc3)(c3ccccc3)c3ccccc3)[C@@H](OC(C)=O)[C@@H](OC(C)=O)[C@@H]2OC(C)=O)O[C@H](CO[Si](C)(C)C(C)(C)C)[C@H]1OC(C)=O. The zero-order chi connectivity index (χ0) is 49.3. The van der Waals surface area contributed by atoms with E-state index in [9.17, 15) is 28.8 Å². The number of rotatable bonds is 17. The Labute approximate surface area is 402 Å². The fraction of sp³-hybridized carbons (Fsp3) is 0.510. The molecule has 2 fully saturated rings. The molecule has 10 atom stereocenters. The van der Waals surface area contributed by atoms with Gasteiger partial charge in [-0.2, -0.15) is 0 Å². The molecule has 0 aromatic heterocycles. The average molecular weight is 983 g/mol. The molecule has 0 radical (unpaired) electrons. The molecule has 0 N–H and O–H groups in total. The van der Waals surface area contributed by atoms with E-state index in [4.69, 9.17) is 42.3 Å². The molecule has 0 spiro atoms. The molecule has 15 nitrogen and oxygen atoms in total. The Morgan fingerprint density at radius 3 is 1.19 bits per heavy atom. The Balaban J connectivity index is 1.65. The van der Waals surface area contributed by atoms with Crippen molar-refractivity contribution in [1.29, 1.82) is 0 Å². The monoisotopic (exact) mass is 982 g/mol. The van der Waals surface area contributed by atoms with E-state index in [1.807, 2.05) is 104 Å². The summed E-state index contributed by atoms with van der Waals surface area (Å²) in [5, 5.41) is -0.220. The molecule has 0 amide bonds. The van der Waals surface area contributed by atoms with E-state index in [-0.39, 0.29) is 17.4 Å². The molecule has 0 saturated carbocycles. The van der Waals surface area contributed by atoms with Crippen LogP contribution in [0.15, 0.2) is 91.0 Å². The Bertz CT molecular complexity index is 2070. The van der Waals surface area contributed by atoms with Crippen molar-refractivity contribution in [2.75, 3.05) is 12.4 Å². The Morgan fingerprint density at radius 1 is 0.493 bits per heavy atom. The maximum absolute atomic E-state index is 13.1. The van der Waals surface area contributed by atoms with Crippen LogP contribution in [0.4, 0.5) is 0 Å². The van der Waals surface area contributed by atoms with Crippen LogP contribution in [0.3, 0.4) is 0 Å². The van der Waals surface area contributed by atoms with Crippen LogP contribution in [0, 0.1) is 0 Å². The van der Waals surface area contributed by atoms with Gasteiger partial charge in [-0.3, -0.25) is 28.8 Å². The summed E-state index contributed by atoms with van der Waals surface area (Å²) < 4.78 is 54.6. The summed E-state index contributed by atoms with van der Waals surface area (Å²) >= 11 is 2.39. The summed E-state index contributed by atoms with van der Waals surface area (Å²) in [5.74, 6) is -4.47. The molecule has 18 heteroatoms. The van der Waals surface area contributed by atoms with Crippen LogP contribution in [0.25, 0.3) is 0 Å². The third-order valence-electron chi connectivity index (χ3n) is 11.7. The summed E-state index contributed by atoms with van der Waals surface area (Å²) in [5.41, 5.74) is 0.282. The van der Waals surface area contributed by atoms with Crippen molar-refractivity contribution in [3.63, 3.8) is 0 Å². The summed E-state index contributed by atoms with van der Waals surface area (Å²) in [4.78, 5) is 77.3. The van der Waals surface area contributed by atoms with Crippen LogP contribution in [-0.4, -0.2) is 116 Å². The van der Waals surface area contributed by atoms with Crippen LogP contribution in [0.2, 0.25) is 18.1 Å². The summed E-state index contributed by atoms with van der Waals surface area (Å²) in [6, 6.07) is 29.1. The van der Waals surface area contributed by atoms with Gasteiger partial charge in [0, 0.05) is 47.3 Å². The number of carbonyl (C=O) groups is 6. The minimum atomic E-state index is -2.46. The van der Waals surface area contributed by atoms with E-state index >= 15 is 0 Å². The van der Waals surface area contributed by atoms with Crippen molar-refractivity contribution in [1.82, 2.24) is 0 Å². The van der Waals surface area contributed by atoms with Gasteiger partial charge in [-0.05, 0) is 34.8 Å². The largest absolute Gasteiger partial charge is 0.456 e. The highest BCUT2D eigenvalue weighted by molar-refractivity contribution is 8.01. The fourth-order valence-electron chi connectivity index (χ4n) is 7.80. The van der Waals surface area contributed by atoms with Gasteiger partial charge in [0.2, 0.25) is 0 Å². The van der Waals surface area contributed by atoms with Gasteiger partial charge in [0.1, 0.15) is 23.1 Å². The molecular formula is C49H62O15S2Si. The first-order valence-corrected chi connectivity index (χ1v) is 26.8. The van der Waals surface area contributed by atoms with Crippen molar-refractivity contribution in [2.45, 2.75) is 145 Å². The van der Waals surface area contributed by atoms with E-state index in [0.29, 0.717) is 0 Å². The van der Waals surface area contributed by atoms with Crippen molar-refractivity contribution in [3.8, 4) is 0 Å². The second kappa shape index (κ2) is 23.1. The number of esters is 6. The van der Waals surface area contributed by atoms with Crippen molar-refractivity contribution < 1.29 is 71.1 Å². The van der Waals surface area contributed by atoms with E-state index in [2.05, 4.69) is 20.8 Å². The highest BCUT2D eigenvalue weighted by Crippen LogP contribution is 2.53. The van der Waals surface area contributed by atoms with Gasteiger partial charge < -0.3 is 42.3 Å². The van der Waals surface area contributed by atoms with Gasteiger partial charge in [0.25, 0.3) is 0 Å². The molecule has 0 unspecified atom stereocenters. The topological polar surface area (TPSA) is 185 Å². The van der Waals surface area contributed by atoms with Gasteiger partial charge in [-0.15, -0.1) is 23.5 Å². The molecule has 2 heterocycles. The highest BCUT2D eigenvalue weighted by atomic mass is 32.2. The summed E-state index contributed by atoms with van der Waals surface area (Å²) in [7, 11) is -2.46. The standard InChI is InChI=1S/C49H62O15S2Si/c1-29(50)57-40-38(27-56-67(10,11)48(7,8)9)63-46(44(61-33(5)54)42(40)59-31(3)52)65-28-39-41(58-30(2)51)43(60-32(4)53)45(62-34(6)55)47(64-39)66-49(35-21-15-12-16-22-35,36-23-17-13-18-24-36)37-25-19-14-20-26-37/h12-26,38-47H,27-28H2,1-11H3/t38-,39-,40-,41-,42+,43+,44+,45+,46-,47-/m1/s1. The molecule has 3 aromatic carbocycles. The quantitative estimate of drug-likeness (QED) is 0.0560. The van der Waals surface area contributed by atoms with Crippen LogP contribution in [0.5, 0.6) is 0 Å². The molecule has 364 valence electrons. The molecule has 3 aromatic rings. The first kappa shape index (κ1) is 53.2. The third-order valence-corrected chi connectivity index (χ3v) is 19.1. The predicted molar refractivity (Wildman–Crippen MR) is 253 cm³/mol. The normalized spacial score (nSPS) is 25.5. The van der Waals surface area contributed by atoms with Gasteiger partial charge in [-0.25, -0.2) is 0 Å². The molecular weight excluding hydrogens is 921 g/mol. The van der Waals surface area contributed by atoms with Crippen LogP contribution in [-0.2, 0) is 75.8 Å². The second-order valence-corrected chi connectivity index (χ2v) is 25.1. The number of thioether (sulfide) groups is 2. The molecule has 2 saturated heterocycles. The minimum absolute atomic E-state index is 0.0795. The lowest BCUT2D eigenvalue weighted by molar-refractivity contribution is -0.236. The molecule has 67 heavy (non-hydrogen) atoms. The first-order chi connectivity index (χ1) is 31.5. The zero-order valence-corrected chi connectivity index (χ0v) is 42.4. The van der Waals surface area contributed by atoms with E-state index in [1.165, 1.54) is 53.3 Å². The third kappa shape index (κ3) is 13.5. The lowest BCUT2D eigenvalue weighted by Gasteiger charge is -2.48. The van der Waals surface area contributed by atoms with Crippen LogP contribution in [0.1, 0.15) is 79.0 Å². The average Bonchev–Trinajstić information content (AvgIpc) is 3.24. The Morgan fingerprint density at radius 2 is 0.821 bits per heavy atom. The summed E-state index contributed by atoms with van der Waals surface area (Å²) in [6.45, 7) is 17.4. The number of hydrogen-bond acceptors (Lipinski definition) is 17. The lowest BCUT2D eigenvalue weighted by atomic mass is 9.84. The Kier molecular flexibility index (Phi) is 18.3. The number of benzene rings is 3. The smallest absolute Gasteiger partial charge is 0.303 e. The van der Waals surface area contributed by atoms with Gasteiger partial charge in [0.15, 0.2) is 44.9 Å². The zero-order valence-electron chi connectivity index (χ0n) is 39.8. The van der Waals surface area contributed by atoms with Gasteiger partial charge in [0.05, 0.1) is 11.4 Å². The van der Waals surface area contributed by atoms with Crippen LogP contribution < -0.4 is 0 Å². The van der Waals surface area contributed by atoms with E-state index in [0.717, 1.165) is 28.5 Å². The molecule has 5 rings (SSSR count). The predicted octanol–water partition coefficient (Wildman–Crippen LogP) is 7.51. The molecule has 2 aliphatic rings.